The Labute approximate surface area is 202 Å². The zero-order chi connectivity index (χ0) is 23.8. The molecule has 5 rings (SSSR count). The molecular formula is C26H25N5O2S. The molecule has 0 bridgehead atoms. The van der Waals surface area contributed by atoms with Gasteiger partial charge in [-0.2, -0.15) is 0 Å². The van der Waals surface area contributed by atoms with Crippen LogP contribution in [0.2, 0.25) is 0 Å². The number of benzene rings is 1. The van der Waals surface area contributed by atoms with E-state index >= 15 is 0 Å². The molecule has 0 unspecified atom stereocenters. The largest absolute Gasteiger partial charge is 0.365 e. The second kappa shape index (κ2) is 8.79. The SMILES string of the molecule is CN(C)C1=C(C(N)=O)C=CCN1c1ccc(C(=O)N2Cc3ccsc3Cc3ccccc32)cn1. The molecule has 2 aliphatic heterocycles. The molecule has 4 heterocycles. The summed E-state index contributed by atoms with van der Waals surface area (Å²) < 4.78 is 0. The van der Waals surface area contributed by atoms with E-state index in [1.165, 1.54) is 10.4 Å². The smallest absolute Gasteiger partial charge is 0.260 e. The number of nitrogens with two attached hydrogens (primary N) is 1. The summed E-state index contributed by atoms with van der Waals surface area (Å²) in [6.45, 7) is 1.08. The lowest BCUT2D eigenvalue weighted by molar-refractivity contribution is -0.114. The number of primary amides is 1. The highest BCUT2D eigenvalue weighted by atomic mass is 32.1. The van der Waals surface area contributed by atoms with E-state index in [1.807, 2.05) is 59.1 Å². The second-order valence-corrected chi connectivity index (χ2v) is 9.48. The first-order chi connectivity index (χ1) is 16.4. The predicted molar refractivity (Wildman–Crippen MR) is 135 cm³/mol. The summed E-state index contributed by atoms with van der Waals surface area (Å²) in [5.74, 6) is 0.724. The molecule has 3 aromatic rings. The molecule has 0 atom stereocenters. The highest BCUT2D eigenvalue weighted by Gasteiger charge is 2.27. The third kappa shape index (κ3) is 3.86. The van der Waals surface area contributed by atoms with Crippen molar-refractivity contribution in [3.63, 3.8) is 0 Å². The zero-order valence-corrected chi connectivity index (χ0v) is 19.9. The standard InChI is InChI=1S/C26H25N5O2S/c1-29(2)25-20(24(27)32)7-5-12-30(25)23-10-9-18(15-28-23)26(33)31-16-19-11-13-34-22(19)14-17-6-3-4-8-21(17)31/h3-11,13,15H,12,14,16H2,1-2H3,(H2,27,32). The van der Waals surface area contributed by atoms with Gasteiger partial charge in [0.2, 0.25) is 0 Å². The van der Waals surface area contributed by atoms with E-state index in [2.05, 4.69) is 22.5 Å². The Morgan fingerprint density at radius 3 is 2.65 bits per heavy atom. The Bertz CT molecular complexity index is 1320. The maximum absolute atomic E-state index is 13.6. The maximum Gasteiger partial charge on any atom is 0.260 e. The Morgan fingerprint density at radius 2 is 1.91 bits per heavy atom. The van der Waals surface area contributed by atoms with Crippen LogP contribution in [0.1, 0.15) is 26.4 Å². The molecule has 2 N–H and O–H groups in total. The first-order valence-corrected chi connectivity index (χ1v) is 11.9. The molecule has 0 aliphatic carbocycles. The Kier molecular flexibility index (Phi) is 5.67. The van der Waals surface area contributed by atoms with Crippen LogP contribution >= 0.6 is 11.3 Å². The molecule has 2 amide bonds. The summed E-state index contributed by atoms with van der Waals surface area (Å²) in [6.07, 6.45) is 6.05. The van der Waals surface area contributed by atoms with Gasteiger partial charge in [-0.25, -0.2) is 4.98 Å². The van der Waals surface area contributed by atoms with Crippen LogP contribution in [0.4, 0.5) is 11.5 Å². The zero-order valence-electron chi connectivity index (χ0n) is 19.1. The predicted octanol–water partition coefficient (Wildman–Crippen LogP) is 3.53. The van der Waals surface area contributed by atoms with Crippen LogP contribution < -0.4 is 15.5 Å². The normalized spacial score (nSPS) is 15.0. The van der Waals surface area contributed by atoms with Crippen molar-refractivity contribution in [2.45, 2.75) is 13.0 Å². The number of aromatic nitrogens is 1. The quantitative estimate of drug-likeness (QED) is 0.630. The van der Waals surface area contributed by atoms with Gasteiger partial charge in [0, 0.05) is 43.8 Å². The number of amides is 2. The number of thiophene rings is 1. The fourth-order valence-electron chi connectivity index (χ4n) is 4.48. The van der Waals surface area contributed by atoms with Crippen molar-refractivity contribution in [2.75, 3.05) is 30.4 Å². The maximum atomic E-state index is 13.6. The fraction of sp³-hybridized carbons (Fsp3) is 0.192. The van der Waals surface area contributed by atoms with Crippen molar-refractivity contribution in [1.82, 2.24) is 9.88 Å². The van der Waals surface area contributed by atoms with Crippen molar-refractivity contribution in [3.8, 4) is 0 Å². The first-order valence-electron chi connectivity index (χ1n) is 11.0. The van der Waals surface area contributed by atoms with Crippen LogP contribution in [0, 0.1) is 0 Å². The number of carbonyl (C=O) groups is 2. The third-order valence-corrected chi connectivity index (χ3v) is 7.04. The van der Waals surface area contributed by atoms with Crippen molar-refractivity contribution < 1.29 is 9.59 Å². The molecule has 0 fully saturated rings. The van der Waals surface area contributed by atoms with Crippen molar-refractivity contribution in [2.24, 2.45) is 5.73 Å². The Balaban J connectivity index is 1.47. The summed E-state index contributed by atoms with van der Waals surface area (Å²) in [5, 5.41) is 2.08. The van der Waals surface area contributed by atoms with Crippen LogP contribution in [-0.4, -0.2) is 42.3 Å². The van der Waals surface area contributed by atoms with Gasteiger partial charge in [0.05, 0.1) is 17.7 Å². The van der Waals surface area contributed by atoms with Crippen molar-refractivity contribution in [1.29, 1.82) is 0 Å². The number of carbonyl (C=O) groups excluding carboxylic acids is 2. The number of hydrogen-bond acceptors (Lipinski definition) is 6. The molecule has 8 heteroatoms. The van der Waals surface area contributed by atoms with E-state index < -0.39 is 5.91 Å². The van der Waals surface area contributed by atoms with E-state index in [0.29, 0.717) is 35.9 Å². The molecule has 7 nitrogen and oxygen atoms in total. The van der Waals surface area contributed by atoms with E-state index in [9.17, 15) is 9.59 Å². The molecule has 172 valence electrons. The van der Waals surface area contributed by atoms with Gasteiger partial charge >= 0.3 is 0 Å². The first kappa shape index (κ1) is 21.9. The topological polar surface area (TPSA) is 82.8 Å². The molecule has 34 heavy (non-hydrogen) atoms. The summed E-state index contributed by atoms with van der Waals surface area (Å²) in [6, 6.07) is 13.8. The molecule has 0 spiro atoms. The van der Waals surface area contributed by atoms with Gasteiger partial charge in [-0.05, 0) is 46.8 Å². The minimum absolute atomic E-state index is 0.0923. The third-order valence-electron chi connectivity index (χ3n) is 6.07. The molecule has 0 saturated carbocycles. The Hall–Kier alpha value is -3.91. The summed E-state index contributed by atoms with van der Waals surface area (Å²) in [5.41, 5.74) is 9.78. The molecular weight excluding hydrogens is 446 g/mol. The number of fused-ring (bicyclic) bond motifs is 2. The highest BCUT2D eigenvalue weighted by Crippen LogP contribution is 2.34. The number of para-hydroxylation sites is 1. The summed E-state index contributed by atoms with van der Waals surface area (Å²) >= 11 is 1.73. The number of rotatable bonds is 4. The molecule has 1 aromatic carbocycles. The van der Waals surface area contributed by atoms with Crippen LogP contribution in [0.3, 0.4) is 0 Å². The Morgan fingerprint density at radius 1 is 1.09 bits per heavy atom. The number of hydrogen-bond donors (Lipinski definition) is 1. The monoisotopic (exact) mass is 471 g/mol. The van der Waals surface area contributed by atoms with Gasteiger partial charge in [0.1, 0.15) is 11.6 Å². The lowest BCUT2D eigenvalue weighted by Crippen LogP contribution is -2.37. The van der Waals surface area contributed by atoms with Gasteiger partial charge < -0.3 is 20.4 Å². The van der Waals surface area contributed by atoms with Gasteiger partial charge in [0.15, 0.2) is 0 Å². The van der Waals surface area contributed by atoms with Gasteiger partial charge in [-0.1, -0.05) is 24.3 Å². The minimum atomic E-state index is -0.496. The van der Waals surface area contributed by atoms with Gasteiger partial charge in [-0.3, -0.25) is 9.59 Å². The van der Waals surface area contributed by atoms with Crippen LogP contribution in [0.25, 0.3) is 0 Å². The van der Waals surface area contributed by atoms with E-state index in [4.69, 9.17) is 5.73 Å². The molecule has 0 radical (unpaired) electrons. The molecule has 2 aliphatic rings. The van der Waals surface area contributed by atoms with Crippen LogP contribution in [0.15, 0.2) is 77.6 Å². The van der Waals surface area contributed by atoms with Gasteiger partial charge in [0.25, 0.3) is 11.8 Å². The fourth-order valence-corrected chi connectivity index (χ4v) is 5.40. The average Bonchev–Trinajstić information content (AvgIpc) is 3.22. The number of pyridine rings is 1. The average molecular weight is 472 g/mol. The highest BCUT2D eigenvalue weighted by molar-refractivity contribution is 7.10. The second-order valence-electron chi connectivity index (χ2n) is 8.48. The molecule has 0 saturated heterocycles. The molecule has 2 aromatic heterocycles. The van der Waals surface area contributed by atoms with E-state index in [1.54, 1.807) is 29.7 Å². The van der Waals surface area contributed by atoms with E-state index in [-0.39, 0.29) is 5.91 Å². The number of anilines is 2. The van der Waals surface area contributed by atoms with Crippen LogP contribution in [-0.2, 0) is 17.8 Å². The van der Waals surface area contributed by atoms with Crippen molar-refractivity contribution in [3.05, 3.63) is 99.2 Å². The minimum Gasteiger partial charge on any atom is -0.365 e. The van der Waals surface area contributed by atoms with Crippen LogP contribution in [0.5, 0.6) is 0 Å². The van der Waals surface area contributed by atoms with E-state index in [0.717, 1.165) is 17.7 Å². The summed E-state index contributed by atoms with van der Waals surface area (Å²) in [7, 11) is 3.72. The lowest BCUT2D eigenvalue weighted by atomic mass is 10.1. The van der Waals surface area contributed by atoms with Gasteiger partial charge in [-0.15, -0.1) is 11.3 Å². The van der Waals surface area contributed by atoms with Crippen molar-refractivity contribution >= 4 is 34.7 Å². The lowest BCUT2D eigenvalue weighted by Gasteiger charge is -2.33. The number of nitrogens with zero attached hydrogens (tertiary/aromatic N) is 4. The summed E-state index contributed by atoms with van der Waals surface area (Å²) in [4.78, 5) is 37.1.